The molecule has 0 spiro atoms. The molecule has 1 saturated carbocycles. The fourth-order valence-corrected chi connectivity index (χ4v) is 2.65. The van der Waals surface area contributed by atoms with Crippen molar-refractivity contribution in [3.8, 4) is 5.75 Å². The number of nitrogens with two attached hydrogens (primary N) is 1. The predicted molar refractivity (Wildman–Crippen MR) is 71.2 cm³/mol. The molecular formula is C14H20N2O2. The predicted octanol–water partition coefficient (Wildman–Crippen LogP) is 2.10. The van der Waals surface area contributed by atoms with Gasteiger partial charge in [0.05, 0.1) is 0 Å². The minimum Gasteiger partial charge on any atom is -0.508 e. The molecular weight excluding hydrogens is 228 g/mol. The van der Waals surface area contributed by atoms with Gasteiger partial charge in [0.15, 0.2) is 0 Å². The van der Waals surface area contributed by atoms with Crippen LogP contribution in [0.25, 0.3) is 0 Å². The maximum absolute atomic E-state index is 12.2. The quantitative estimate of drug-likeness (QED) is 0.766. The van der Waals surface area contributed by atoms with E-state index < -0.39 is 0 Å². The van der Waals surface area contributed by atoms with Crippen molar-refractivity contribution in [3.05, 3.63) is 24.3 Å². The van der Waals surface area contributed by atoms with E-state index in [9.17, 15) is 9.90 Å². The van der Waals surface area contributed by atoms with E-state index in [0.717, 1.165) is 25.7 Å². The van der Waals surface area contributed by atoms with Gasteiger partial charge in [-0.15, -0.1) is 0 Å². The fourth-order valence-electron chi connectivity index (χ4n) is 2.65. The highest BCUT2D eigenvalue weighted by molar-refractivity contribution is 5.93. The third-order valence-corrected chi connectivity index (χ3v) is 3.66. The molecule has 0 aromatic heterocycles. The van der Waals surface area contributed by atoms with Crippen LogP contribution in [0, 0.1) is 11.8 Å². The zero-order valence-electron chi connectivity index (χ0n) is 10.4. The Hall–Kier alpha value is -1.55. The van der Waals surface area contributed by atoms with Crippen LogP contribution in [-0.2, 0) is 4.79 Å². The van der Waals surface area contributed by atoms with Crippen LogP contribution in [0.5, 0.6) is 5.75 Å². The Morgan fingerprint density at radius 3 is 2.89 bits per heavy atom. The molecule has 0 bridgehead atoms. The van der Waals surface area contributed by atoms with Gasteiger partial charge in [0.1, 0.15) is 5.75 Å². The van der Waals surface area contributed by atoms with Crippen LogP contribution in [0.2, 0.25) is 0 Å². The Morgan fingerprint density at radius 1 is 1.39 bits per heavy atom. The largest absolute Gasteiger partial charge is 0.508 e. The Balaban J connectivity index is 2.02. The lowest BCUT2D eigenvalue weighted by atomic mass is 9.78. The molecule has 1 aliphatic rings. The van der Waals surface area contributed by atoms with Crippen LogP contribution in [0.4, 0.5) is 5.69 Å². The molecule has 0 radical (unpaired) electrons. The van der Waals surface area contributed by atoms with Gasteiger partial charge >= 0.3 is 0 Å². The Bertz CT molecular complexity index is 420. The van der Waals surface area contributed by atoms with Crippen molar-refractivity contribution in [2.24, 2.45) is 17.6 Å². The first kappa shape index (κ1) is 12.9. The molecule has 4 N–H and O–H groups in total. The smallest absolute Gasteiger partial charge is 0.227 e. The topological polar surface area (TPSA) is 75.4 Å². The van der Waals surface area contributed by atoms with Gasteiger partial charge in [0.2, 0.25) is 5.91 Å². The summed E-state index contributed by atoms with van der Waals surface area (Å²) in [4.78, 5) is 12.2. The van der Waals surface area contributed by atoms with Crippen molar-refractivity contribution >= 4 is 11.6 Å². The van der Waals surface area contributed by atoms with Crippen LogP contribution in [0.1, 0.15) is 25.7 Å². The molecule has 18 heavy (non-hydrogen) atoms. The van der Waals surface area contributed by atoms with E-state index in [1.807, 2.05) is 0 Å². The summed E-state index contributed by atoms with van der Waals surface area (Å²) in [7, 11) is 0. The minimum absolute atomic E-state index is 0.00565. The van der Waals surface area contributed by atoms with Gasteiger partial charge in [-0.3, -0.25) is 4.79 Å². The standard InChI is InChI=1S/C14H20N2O2/c15-9-10-4-1-2-7-13(10)14(18)16-11-5-3-6-12(17)8-11/h3,5-6,8,10,13,17H,1-2,4,7,9,15H2,(H,16,18). The van der Waals surface area contributed by atoms with Crippen molar-refractivity contribution < 1.29 is 9.90 Å². The van der Waals surface area contributed by atoms with E-state index in [-0.39, 0.29) is 23.5 Å². The number of carbonyl (C=O) groups is 1. The summed E-state index contributed by atoms with van der Waals surface area (Å²) in [6, 6.07) is 6.63. The third kappa shape index (κ3) is 3.01. The normalized spacial score (nSPS) is 23.6. The average molecular weight is 248 g/mol. The fraction of sp³-hybridized carbons (Fsp3) is 0.500. The molecule has 1 aromatic carbocycles. The summed E-state index contributed by atoms with van der Waals surface area (Å²) in [5, 5.41) is 12.2. The summed E-state index contributed by atoms with van der Waals surface area (Å²) < 4.78 is 0. The SMILES string of the molecule is NCC1CCCCC1C(=O)Nc1cccc(O)c1. The molecule has 2 rings (SSSR count). The summed E-state index contributed by atoms with van der Waals surface area (Å²) in [6.45, 7) is 0.568. The second-order valence-corrected chi connectivity index (χ2v) is 4.93. The molecule has 1 fully saturated rings. The second kappa shape index (κ2) is 5.87. The highest BCUT2D eigenvalue weighted by Gasteiger charge is 2.29. The first-order valence-corrected chi connectivity index (χ1v) is 6.50. The highest BCUT2D eigenvalue weighted by Crippen LogP contribution is 2.30. The average Bonchev–Trinajstić information content (AvgIpc) is 2.38. The number of nitrogens with one attached hydrogen (secondary N) is 1. The summed E-state index contributed by atoms with van der Waals surface area (Å²) >= 11 is 0. The number of anilines is 1. The van der Waals surface area contributed by atoms with Crippen LogP contribution in [0.15, 0.2) is 24.3 Å². The third-order valence-electron chi connectivity index (χ3n) is 3.66. The molecule has 4 nitrogen and oxygen atoms in total. The number of aromatic hydroxyl groups is 1. The van der Waals surface area contributed by atoms with Crippen molar-refractivity contribution in [2.45, 2.75) is 25.7 Å². The maximum Gasteiger partial charge on any atom is 0.227 e. The van der Waals surface area contributed by atoms with Crippen molar-refractivity contribution in [1.82, 2.24) is 0 Å². The zero-order chi connectivity index (χ0) is 13.0. The van der Waals surface area contributed by atoms with Gasteiger partial charge in [-0.2, -0.15) is 0 Å². The van der Waals surface area contributed by atoms with Crippen molar-refractivity contribution in [1.29, 1.82) is 0 Å². The Kier molecular flexibility index (Phi) is 4.20. The van der Waals surface area contributed by atoms with Gasteiger partial charge in [-0.25, -0.2) is 0 Å². The number of phenols is 1. The molecule has 1 aromatic rings. The van der Waals surface area contributed by atoms with Crippen LogP contribution in [-0.4, -0.2) is 17.6 Å². The van der Waals surface area contributed by atoms with Gasteiger partial charge in [0, 0.05) is 17.7 Å². The van der Waals surface area contributed by atoms with Gasteiger partial charge in [0.25, 0.3) is 0 Å². The monoisotopic (exact) mass is 248 g/mol. The molecule has 0 saturated heterocycles. The van der Waals surface area contributed by atoms with E-state index in [0.29, 0.717) is 12.2 Å². The molecule has 98 valence electrons. The van der Waals surface area contributed by atoms with Gasteiger partial charge in [-0.05, 0) is 37.4 Å². The van der Waals surface area contributed by atoms with Crippen LogP contribution in [0.3, 0.4) is 0 Å². The summed E-state index contributed by atoms with van der Waals surface area (Å²) in [5.74, 6) is 0.477. The Labute approximate surface area is 107 Å². The lowest BCUT2D eigenvalue weighted by molar-refractivity contribution is -0.122. The summed E-state index contributed by atoms with van der Waals surface area (Å²) in [5.41, 5.74) is 6.37. The molecule has 2 unspecified atom stereocenters. The lowest BCUT2D eigenvalue weighted by Crippen LogP contribution is -2.35. The number of hydrogen-bond donors (Lipinski definition) is 3. The van der Waals surface area contributed by atoms with Crippen molar-refractivity contribution in [2.75, 3.05) is 11.9 Å². The van der Waals surface area contributed by atoms with Crippen molar-refractivity contribution in [3.63, 3.8) is 0 Å². The minimum atomic E-state index is 0.00565. The number of benzene rings is 1. The molecule has 4 heteroatoms. The van der Waals surface area contributed by atoms with E-state index in [1.54, 1.807) is 24.3 Å². The molecule has 0 heterocycles. The van der Waals surface area contributed by atoms with E-state index in [4.69, 9.17) is 5.73 Å². The number of rotatable bonds is 3. The maximum atomic E-state index is 12.2. The first-order valence-electron chi connectivity index (χ1n) is 6.50. The van der Waals surface area contributed by atoms with Crippen LogP contribution < -0.4 is 11.1 Å². The van der Waals surface area contributed by atoms with Gasteiger partial charge < -0.3 is 16.2 Å². The Morgan fingerprint density at radius 2 is 2.17 bits per heavy atom. The van der Waals surface area contributed by atoms with Gasteiger partial charge in [-0.1, -0.05) is 18.9 Å². The zero-order valence-corrected chi connectivity index (χ0v) is 10.4. The molecule has 0 aliphatic heterocycles. The highest BCUT2D eigenvalue weighted by atomic mass is 16.3. The first-order chi connectivity index (χ1) is 8.70. The van der Waals surface area contributed by atoms with E-state index in [1.165, 1.54) is 0 Å². The van der Waals surface area contributed by atoms with Crippen LogP contribution >= 0.6 is 0 Å². The number of amides is 1. The number of carbonyl (C=O) groups excluding carboxylic acids is 1. The molecule has 2 atom stereocenters. The number of hydrogen-bond acceptors (Lipinski definition) is 3. The summed E-state index contributed by atoms with van der Waals surface area (Å²) in [6.07, 6.45) is 4.20. The van der Waals surface area contributed by atoms with E-state index >= 15 is 0 Å². The molecule has 1 aliphatic carbocycles. The molecule has 1 amide bonds. The van der Waals surface area contributed by atoms with E-state index in [2.05, 4.69) is 5.32 Å². The second-order valence-electron chi connectivity index (χ2n) is 4.93. The number of phenolic OH excluding ortho intramolecular Hbond substituents is 1. The lowest BCUT2D eigenvalue weighted by Gasteiger charge is -2.29.